The van der Waals surface area contributed by atoms with Crippen molar-refractivity contribution in [1.82, 2.24) is 10.2 Å². The first-order chi connectivity index (χ1) is 8.89. The SMILES string of the molecule is CC(C)(C)C1NC(=O)C=CN1C(=O)c1ccccc1. The molecule has 0 spiro atoms. The number of hydrogen-bond acceptors (Lipinski definition) is 2. The van der Waals surface area contributed by atoms with Crippen molar-refractivity contribution in [2.75, 3.05) is 0 Å². The molecule has 1 unspecified atom stereocenters. The molecule has 0 saturated carbocycles. The third-order valence-corrected chi connectivity index (χ3v) is 3.02. The predicted molar refractivity (Wildman–Crippen MR) is 73.1 cm³/mol. The second-order valence-corrected chi connectivity index (χ2v) is 5.67. The molecule has 1 aliphatic heterocycles. The van der Waals surface area contributed by atoms with Crippen molar-refractivity contribution < 1.29 is 9.59 Å². The Morgan fingerprint density at radius 1 is 1.21 bits per heavy atom. The van der Waals surface area contributed by atoms with E-state index in [0.29, 0.717) is 5.56 Å². The van der Waals surface area contributed by atoms with E-state index in [9.17, 15) is 9.59 Å². The molecule has 1 atom stereocenters. The molecule has 2 rings (SSSR count). The zero-order valence-corrected chi connectivity index (χ0v) is 11.4. The van der Waals surface area contributed by atoms with Gasteiger partial charge in [0, 0.05) is 23.3 Å². The van der Waals surface area contributed by atoms with Crippen molar-refractivity contribution >= 4 is 11.8 Å². The highest BCUT2D eigenvalue weighted by molar-refractivity contribution is 5.97. The van der Waals surface area contributed by atoms with Crippen molar-refractivity contribution in [1.29, 1.82) is 0 Å². The van der Waals surface area contributed by atoms with Gasteiger partial charge in [-0.3, -0.25) is 14.5 Å². The van der Waals surface area contributed by atoms with Crippen LogP contribution in [0.3, 0.4) is 0 Å². The van der Waals surface area contributed by atoms with Gasteiger partial charge in [-0.15, -0.1) is 0 Å². The number of benzene rings is 1. The van der Waals surface area contributed by atoms with Crippen LogP contribution in [-0.4, -0.2) is 22.9 Å². The Hall–Kier alpha value is -2.10. The minimum Gasteiger partial charge on any atom is -0.331 e. The van der Waals surface area contributed by atoms with Crippen LogP contribution in [0.25, 0.3) is 0 Å². The highest BCUT2D eigenvalue weighted by Gasteiger charge is 2.35. The molecule has 0 bridgehead atoms. The number of nitrogens with zero attached hydrogens (tertiary/aromatic N) is 1. The molecule has 1 aromatic carbocycles. The summed E-state index contributed by atoms with van der Waals surface area (Å²) >= 11 is 0. The third-order valence-electron chi connectivity index (χ3n) is 3.02. The zero-order valence-electron chi connectivity index (χ0n) is 11.4. The maximum Gasteiger partial charge on any atom is 0.259 e. The van der Waals surface area contributed by atoms with E-state index in [-0.39, 0.29) is 23.4 Å². The van der Waals surface area contributed by atoms with Gasteiger partial charge in [0.2, 0.25) is 5.91 Å². The molecule has 0 aliphatic carbocycles. The predicted octanol–water partition coefficient (Wildman–Crippen LogP) is 2.14. The summed E-state index contributed by atoms with van der Waals surface area (Å²) in [6.45, 7) is 5.97. The molecule has 19 heavy (non-hydrogen) atoms. The molecule has 1 N–H and O–H groups in total. The highest BCUT2D eigenvalue weighted by Crippen LogP contribution is 2.26. The Morgan fingerprint density at radius 2 is 1.84 bits per heavy atom. The molecule has 1 aliphatic rings. The van der Waals surface area contributed by atoms with E-state index >= 15 is 0 Å². The number of hydrogen-bond donors (Lipinski definition) is 1. The third kappa shape index (κ3) is 2.84. The summed E-state index contributed by atoms with van der Waals surface area (Å²) in [4.78, 5) is 25.6. The molecule has 0 saturated heterocycles. The van der Waals surface area contributed by atoms with Gasteiger partial charge in [0.1, 0.15) is 6.17 Å². The molecular formula is C15H18N2O2. The van der Waals surface area contributed by atoms with E-state index in [1.807, 2.05) is 39.0 Å². The van der Waals surface area contributed by atoms with Crippen molar-refractivity contribution in [2.45, 2.75) is 26.9 Å². The van der Waals surface area contributed by atoms with Crippen LogP contribution in [0.15, 0.2) is 42.6 Å². The fourth-order valence-corrected chi connectivity index (χ4v) is 2.03. The van der Waals surface area contributed by atoms with Gasteiger partial charge in [0.25, 0.3) is 5.91 Å². The van der Waals surface area contributed by atoms with E-state index in [0.717, 1.165) is 0 Å². The van der Waals surface area contributed by atoms with Crippen LogP contribution < -0.4 is 5.32 Å². The second-order valence-electron chi connectivity index (χ2n) is 5.67. The van der Waals surface area contributed by atoms with Gasteiger partial charge in [-0.25, -0.2) is 0 Å². The first-order valence-corrected chi connectivity index (χ1v) is 6.26. The second kappa shape index (κ2) is 4.88. The van der Waals surface area contributed by atoms with Crippen molar-refractivity contribution in [2.24, 2.45) is 5.41 Å². The zero-order chi connectivity index (χ0) is 14.0. The quantitative estimate of drug-likeness (QED) is 0.839. The summed E-state index contributed by atoms with van der Waals surface area (Å²) in [5, 5.41) is 2.84. The largest absolute Gasteiger partial charge is 0.331 e. The molecule has 1 aromatic rings. The maximum atomic E-state index is 12.5. The normalized spacial score (nSPS) is 19.2. The van der Waals surface area contributed by atoms with Gasteiger partial charge in [0.05, 0.1) is 0 Å². The summed E-state index contributed by atoms with van der Waals surface area (Å²) in [5.41, 5.74) is 0.364. The summed E-state index contributed by atoms with van der Waals surface area (Å²) in [7, 11) is 0. The Balaban J connectivity index is 2.33. The monoisotopic (exact) mass is 258 g/mol. The lowest BCUT2D eigenvalue weighted by Crippen LogP contribution is -2.57. The molecule has 4 heteroatoms. The Kier molecular flexibility index (Phi) is 3.42. The average molecular weight is 258 g/mol. The van der Waals surface area contributed by atoms with Gasteiger partial charge < -0.3 is 5.32 Å². The van der Waals surface area contributed by atoms with Gasteiger partial charge >= 0.3 is 0 Å². The molecule has 0 radical (unpaired) electrons. The maximum absolute atomic E-state index is 12.5. The molecule has 0 aromatic heterocycles. The van der Waals surface area contributed by atoms with Gasteiger partial charge in [-0.05, 0) is 12.1 Å². The summed E-state index contributed by atoms with van der Waals surface area (Å²) in [5.74, 6) is -0.284. The Labute approximate surface area is 113 Å². The van der Waals surface area contributed by atoms with Crippen LogP contribution in [0, 0.1) is 5.41 Å². The summed E-state index contributed by atoms with van der Waals surface area (Å²) < 4.78 is 0. The van der Waals surface area contributed by atoms with Gasteiger partial charge in [-0.1, -0.05) is 39.0 Å². The van der Waals surface area contributed by atoms with Crippen LogP contribution in [0.1, 0.15) is 31.1 Å². The first-order valence-electron chi connectivity index (χ1n) is 6.26. The van der Waals surface area contributed by atoms with E-state index in [2.05, 4.69) is 5.32 Å². The highest BCUT2D eigenvalue weighted by atomic mass is 16.2. The summed E-state index contributed by atoms with van der Waals surface area (Å²) in [6, 6.07) is 9.06. The van der Waals surface area contributed by atoms with Gasteiger partial charge in [-0.2, -0.15) is 0 Å². The van der Waals surface area contributed by atoms with Gasteiger partial charge in [0.15, 0.2) is 0 Å². The molecule has 100 valence electrons. The number of carbonyl (C=O) groups is 2. The van der Waals surface area contributed by atoms with Crippen LogP contribution in [0.4, 0.5) is 0 Å². The van der Waals surface area contributed by atoms with Crippen molar-refractivity contribution in [3.8, 4) is 0 Å². The van der Waals surface area contributed by atoms with E-state index < -0.39 is 0 Å². The Bertz CT molecular complexity index is 515. The smallest absolute Gasteiger partial charge is 0.259 e. The minimum atomic E-state index is -0.349. The van der Waals surface area contributed by atoms with E-state index in [1.165, 1.54) is 6.08 Å². The number of carbonyl (C=O) groups excluding carboxylic acids is 2. The van der Waals surface area contributed by atoms with Crippen LogP contribution in [-0.2, 0) is 4.79 Å². The minimum absolute atomic E-state index is 0.114. The number of nitrogens with one attached hydrogen (secondary N) is 1. The van der Waals surface area contributed by atoms with Crippen LogP contribution in [0.5, 0.6) is 0 Å². The average Bonchev–Trinajstić information content (AvgIpc) is 2.38. The number of amides is 2. The lowest BCUT2D eigenvalue weighted by Gasteiger charge is -2.40. The fourth-order valence-electron chi connectivity index (χ4n) is 2.03. The molecule has 0 fully saturated rings. The van der Waals surface area contributed by atoms with Crippen LogP contribution in [0.2, 0.25) is 0 Å². The van der Waals surface area contributed by atoms with Crippen LogP contribution >= 0.6 is 0 Å². The van der Waals surface area contributed by atoms with E-state index in [1.54, 1.807) is 23.2 Å². The standard InChI is InChI=1S/C15H18N2O2/c1-15(2,3)14-16-12(18)9-10-17(14)13(19)11-7-5-4-6-8-11/h4-10,14H,1-3H3,(H,16,18). The lowest BCUT2D eigenvalue weighted by molar-refractivity contribution is -0.120. The Morgan fingerprint density at radius 3 is 2.42 bits per heavy atom. The summed E-state index contributed by atoms with van der Waals surface area (Å²) in [6.07, 6.45) is 2.59. The van der Waals surface area contributed by atoms with Crippen molar-refractivity contribution in [3.05, 3.63) is 48.2 Å². The molecule has 4 nitrogen and oxygen atoms in total. The lowest BCUT2D eigenvalue weighted by atomic mass is 9.90. The fraction of sp³-hybridized carbons (Fsp3) is 0.333. The van der Waals surface area contributed by atoms with Crippen molar-refractivity contribution in [3.63, 3.8) is 0 Å². The molecule has 2 amide bonds. The molecular weight excluding hydrogens is 240 g/mol. The molecule has 1 heterocycles. The first kappa shape index (κ1) is 13.3. The topological polar surface area (TPSA) is 49.4 Å². The van der Waals surface area contributed by atoms with E-state index in [4.69, 9.17) is 0 Å². The number of rotatable bonds is 1.